The molecule has 5 heteroatoms. The molecular formula is C15H15BrN4. The summed E-state index contributed by atoms with van der Waals surface area (Å²) >= 11 is 3.50. The molecule has 1 fully saturated rings. The fourth-order valence-corrected chi connectivity index (χ4v) is 3.82. The Balaban J connectivity index is 2.16. The van der Waals surface area contributed by atoms with Gasteiger partial charge in [-0.3, -0.25) is 0 Å². The molecule has 4 nitrogen and oxygen atoms in total. The van der Waals surface area contributed by atoms with Crippen molar-refractivity contribution in [1.29, 1.82) is 5.26 Å². The van der Waals surface area contributed by atoms with Crippen molar-refractivity contribution in [3.8, 4) is 6.07 Å². The van der Waals surface area contributed by atoms with Gasteiger partial charge < -0.3 is 4.57 Å². The summed E-state index contributed by atoms with van der Waals surface area (Å²) in [4.78, 5) is 0. The van der Waals surface area contributed by atoms with Gasteiger partial charge in [-0.15, -0.1) is 10.2 Å². The van der Waals surface area contributed by atoms with Gasteiger partial charge in [-0.05, 0) is 42.5 Å². The van der Waals surface area contributed by atoms with Crippen molar-refractivity contribution < 1.29 is 0 Å². The van der Waals surface area contributed by atoms with Crippen LogP contribution in [0.1, 0.15) is 36.7 Å². The van der Waals surface area contributed by atoms with Crippen molar-refractivity contribution in [1.82, 2.24) is 14.8 Å². The second-order valence-corrected chi connectivity index (χ2v) is 6.62. The van der Waals surface area contributed by atoms with Crippen LogP contribution in [0.15, 0.2) is 29.0 Å². The minimum Gasteiger partial charge on any atom is -0.320 e. The molecule has 3 rings (SSSR count). The Morgan fingerprint density at radius 3 is 2.70 bits per heavy atom. The predicted octanol–water partition coefficient (Wildman–Crippen LogP) is 3.17. The number of hydrogen-bond acceptors (Lipinski definition) is 3. The van der Waals surface area contributed by atoms with Crippen LogP contribution < -0.4 is 0 Å². The highest BCUT2D eigenvalue weighted by molar-refractivity contribution is 9.10. The summed E-state index contributed by atoms with van der Waals surface area (Å²) in [6, 6.07) is 8.15. The van der Waals surface area contributed by atoms with Crippen molar-refractivity contribution in [2.45, 2.75) is 25.2 Å². The van der Waals surface area contributed by atoms with E-state index >= 15 is 0 Å². The molecule has 0 aliphatic heterocycles. The summed E-state index contributed by atoms with van der Waals surface area (Å²) in [6.45, 7) is 2.25. The highest BCUT2D eigenvalue weighted by atomic mass is 79.9. The molecule has 0 unspecified atom stereocenters. The van der Waals surface area contributed by atoms with E-state index in [1.165, 1.54) is 0 Å². The lowest BCUT2D eigenvalue weighted by molar-refractivity contribution is 0.185. The molecule has 0 bridgehead atoms. The Bertz CT molecular complexity index is 692. The minimum absolute atomic E-state index is 0.111. The zero-order valence-electron chi connectivity index (χ0n) is 11.5. The van der Waals surface area contributed by atoms with E-state index in [0.717, 1.165) is 28.7 Å². The van der Waals surface area contributed by atoms with E-state index < -0.39 is 0 Å². The lowest BCUT2D eigenvalue weighted by Gasteiger charge is -2.46. The Kier molecular flexibility index (Phi) is 3.14. The number of nitrogens with zero attached hydrogens (tertiary/aromatic N) is 4. The molecule has 1 aromatic carbocycles. The first-order valence-corrected chi connectivity index (χ1v) is 7.40. The average molecular weight is 331 g/mol. The van der Waals surface area contributed by atoms with Crippen LogP contribution in [-0.4, -0.2) is 14.8 Å². The number of aryl methyl sites for hydroxylation is 1. The molecule has 0 N–H and O–H groups in total. The van der Waals surface area contributed by atoms with Crippen molar-refractivity contribution in [2.24, 2.45) is 13.0 Å². The van der Waals surface area contributed by atoms with Crippen LogP contribution in [0.3, 0.4) is 0 Å². The quantitative estimate of drug-likeness (QED) is 0.849. The second-order valence-electron chi connectivity index (χ2n) is 5.70. The van der Waals surface area contributed by atoms with E-state index in [0.29, 0.717) is 11.5 Å². The summed E-state index contributed by atoms with van der Waals surface area (Å²) in [6.07, 6.45) is 3.82. The first kappa shape index (κ1) is 13.3. The standard InChI is InChI=1S/C15H15BrN4/c1-10-6-15(7-10,14-19-18-9-20(14)2)12-3-11(8-17)4-13(16)5-12/h3-5,9-10H,6-7H2,1-2H3. The molecule has 1 saturated carbocycles. The zero-order valence-corrected chi connectivity index (χ0v) is 13.1. The number of hydrogen-bond donors (Lipinski definition) is 0. The number of rotatable bonds is 2. The van der Waals surface area contributed by atoms with Gasteiger partial charge in [-0.25, -0.2) is 0 Å². The van der Waals surface area contributed by atoms with Gasteiger partial charge in [-0.2, -0.15) is 5.26 Å². The van der Waals surface area contributed by atoms with Gasteiger partial charge in [-0.1, -0.05) is 22.9 Å². The molecule has 0 atom stereocenters. The van der Waals surface area contributed by atoms with Crippen LogP contribution in [0.4, 0.5) is 0 Å². The smallest absolute Gasteiger partial charge is 0.143 e. The molecule has 1 heterocycles. The van der Waals surface area contributed by atoms with Crippen LogP contribution in [0.25, 0.3) is 0 Å². The van der Waals surface area contributed by atoms with E-state index in [1.54, 1.807) is 6.33 Å². The fraction of sp³-hybridized carbons (Fsp3) is 0.400. The normalized spacial score (nSPS) is 25.0. The fourth-order valence-electron chi connectivity index (χ4n) is 3.32. The Hall–Kier alpha value is -1.67. The maximum atomic E-state index is 9.18. The van der Waals surface area contributed by atoms with Crippen molar-refractivity contribution in [3.63, 3.8) is 0 Å². The third kappa shape index (κ3) is 1.95. The number of nitriles is 1. The van der Waals surface area contributed by atoms with Crippen LogP contribution in [0.2, 0.25) is 0 Å². The van der Waals surface area contributed by atoms with Gasteiger partial charge in [0.1, 0.15) is 12.2 Å². The highest BCUT2D eigenvalue weighted by Crippen LogP contribution is 2.51. The van der Waals surface area contributed by atoms with Crippen molar-refractivity contribution in [3.05, 3.63) is 46.0 Å². The Labute approximate surface area is 126 Å². The summed E-state index contributed by atoms with van der Waals surface area (Å²) < 4.78 is 2.92. The first-order valence-electron chi connectivity index (χ1n) is 6.61. The maximum absolute atomic E-state index is 9.18. The molecule has 0 radical (unpaired) electrons. The van der Waals surface area contributed by atoms with Crippen LogP contribution >= 0.6 is 15.9 Å². The maximum Gasteiger partial charge on any atom is 0.143 e. The monoisotopic (exact) mass is 330 g/mol. The van der Waals surface area contributed by atoms with Crippen molar-refractivity contribution in [2.75, 3.05) is 0 Å². The third-order valence-electron chi connectivity index (χ3n) is 4.11. The minimum atomic E-state index is -0.111. The summed E-state index contributed by atoms with van der Waals surface area (Å²) in [7, 11) is 1.98. The predicted molar refractivity (Wildman–Crippen MR) is 79.0 cm³/mol. The van der Waals surface area contributed by atoms with Crippen LogP contribution in [-0.2, 0) is 12.5 Å². The molecule has 0 saturated heterocycles. The number of halogens is 1. The van der Waals surface area contributed by atoms with Gasteiger partial charge >= 0.3 is 0 Å². The second kappa shape index (κ2) is 4.71. The molecule has 0 amide bonds. The van der Waals surface area contributed by atoms with E-state index in [-0.39, 0.29) is 5.41 Å². The largest absolute Gasteiger partial charge is 0.320 e. The number of benzene rings is 1. The van der Waals surface area contributed by atoms with E-state index in [4.69, 9.17) is 0 Å². The first-order chi connectivity index (χ1) is 9.55. The topological polar surface area (TPSA) is 54.5 Å². The Morgan fingerprint density at radius 1 is 1.40 bits per heavy atom. The molecule has 1 aromatic heterocycles. The van der Waals surface area contributed by atoms with Gasteiger partial charge in [0, 0.05) is 11.5 Å². The molecule has 0 spiro atoms. The SMILES string of the molecule is CC1CC(c2cc(Br)cc(C#N)c2)(c2nncn2C)C1. The van der Waals surface area contributed by atoms with E-state index in [1.807, 2.05) is 23.7 Å². The third-order valence-corrected chi connectivity index (χ3v) is 4.57. The molecule has 1 aliphatic rings. The van der Waals surface area contributed by atoms with Crippen LogP contribution in [0, 0.1) is 17.2 Å². The zero-order chi connectivity index (χ0) is 14.3. The van der Waals surface area contributed by atoms with Crippen molar-refractivity contribution >= 4 is 15.9 Å². The lowest BCUT2D eigenvalue weighted by Crippen LogP contribution is -2.43. The lowest BCUT2D eigenvalue weighted by atomic mass is 9.58. The van der Waals surface area contributed by atoms with E-state index in [2.05, 4.69) is 45.2 Å². The molecule has 2 aromatic rings. The highest BCUT2D eigenvalue weighted by Gasteiger charge is 2.48. The van der Waals surface area contributed by atoms with Gasteiger partial charge in [0.05, 0.1) is 17.0 Å². The number of aromatic nitrogens is 3. The molecule has 102 valence electrons. The Morgan fingerprint density at radius 2 is 2.15 bits per heavy atom. The summed E-state index contributed by atoms with van der Waals surface area (Å²) in [5, 5.41) is 17.5. The van der Waals surface area contributed by atoms with Gasteiger partial charge in [0.15, 0.2) is 0 Å². The average Bonchev–Trinajstić information content (AvgIpc) is 2.80. The van der Waals surface area contributed by atoms with Gasteiger partial charge in [0.25, 0.3) is 0 Å². The van der Waals surface area contributed by atoms with Crippen LogP contribution in [0.5, 0.6) is 0 Å². The van der Waals surface area contributed by atoms with E-state index in [9.17, 15) is 5.26 Å². The summed E-state index contributed by atoms with van der Waals surface area (Å²) in [5.41, 5.74) is 1.72. The summed E-state index contributed by atoms with van der Waals surface area (Å²) in [5.74, 6) is 1.65. The molecular weight excluding hydrogens is 316 g/mol. The molecule has 1 aliphatic carbocycles. The van der Waals surface area contributed by atoms with Gasteiger partial charge in [0.2, 0.25) is 0 Å². The molecule has 20 heavy (non-hydrogen) atoms.